The molecular weight excluding hydrogens is 196 g/mol. The largest absolute Gasteiger partial charge is 0.461 e. The van der Waals surface area contributed by atoms with E-state index < -0.39 is 6.04 Å². The van der Waals surface area contributed by atoms with Crippen molar-refractivity contribution >= 4 is 11.9 Å². The van der Waals surface area contributed by atoms with Crippen LogP contribution in [0.3, 0.4) is 0 Å². The third kappa shape index (κ3) is 3.51. The number of esters is 1. The van der Waals surface area contributed by atoms with Crippen molar-refractivity contribution in [2.24, 2.45) is 5.73 Å². The van der Waals surface area contributed by atoms with Gasteiger partial charge in [0.25, 0.3) is 0 Å². The first kappa shape index (κ1) is 12.0. The zero-order chi connectivity index (χ0) is 11.4. The molecule has 0 aromatic heterocycles. The number of hydrogen-bond donors (Lipinski definition) is 1. The molecule has 2 N–H and O–H groups in total. The van der Waals surface area contributed by atoms with E-state index in [4.69, 9.17) is 10.5 Å². The summed E-state index contributed by atoms with van der Waals surface area (Å²) < 4.78 is 5.18. The fourth-order valence-electron chi connectivity index (χ4n) is 1.56. The number of carbonyl (C=O) groups is 2. The van der Waals surface area contributed by atoms with Crippen LogP contribution in [0.25, 0.3) is 0 Å². The van der Waals surface area contributed by atoms with Gasteiger partial charge in [-0.1, -0.05) is 0 Å². The topological polar surface area (TPSA) is 72.6 Å². The predicted molar refractivity (Wildman–Crippen MR) is 55.0 cm³/mol. The predicted octanol–water partition coefficient (Wildman–Crippen LogP) is -0.112. The van der Waals surface area contributed by atoms with Crippen LogP contribution in [0, 0.1) is 0 Å². The van der Waals surface area contributed by atoms with Crippen molar-refractivity contribution in [1.82, 2.24) is 4.90 Å². The van der Waals surface area contributed by atoms with Gasteiger partial charge in [-0.3, -0.25) is 9.59 Å². The Kier molecular flexibility index (Phi) is 4.08. The molecule has 0 aromatic rings. The summed E-state index contributed by atoms with van der Waals surface area (Å²) in [6.45, 7) is 4.47. The fourth-order valence-corrected chi connectivity index (χ4v) is 1.56. The van der Waals surface area contributed by atoms with E-state index in [1.165, 1.54) is 0 Å². The summed E-state index contributed by atoms with van der Waals surface area (Å²) >= 11 is 0. The van der Waals surface area contributed by atoms with E-state index in [-0.39, 0.29) is 18.0 Å². The van der Waals surface area contributed by atoms with Gasteiger partial charge in [-0.15, -0.1) is 0 Å². The smallest absolute Gasteiger partial charge is 0.322 e. The highest BCUT2D eigenvalue weighted by molar-refractivity contribution is 5.75. The molecule has 1 fully saturated rings. The molecule has 86 valence electrons. The van der Waals surface area contributed by atoms with E-state index in [0.717, 1.165) is 0 Å². The van der Waals surface area contributed by atoms with Gasteiger partial charge in [0.2, 0.25) is 5.91 Å². The van der Waals surface area contributed by atoms with Gasteiger partial charge >= 0.3 is 5.97 Å². The molecule has 0 aliphatic carbocycles. The van der Waals surface area contributed by atoms with Crippen LogP contribution in [-0.4, -0.2) is 42.0 Å². The number of rotatable bonds is 2. The van der Waals surface area contributed by atoms with Gasteiger partial charge in [0, 0.05) is 32.9 Å². The highest BCUT2D eigenvalue weighted by atomic mass is 16.5. The molecular formula is C10H18N2O3. The number of carbonyl (C=O) groups excluding carboxylic acids is 2. The molecule has 0 saturated carbocycles. The first-order valence-electron chi connectivity index (χ1n) is 5.22. The molecule has 5 heteroatoms. The molecule has 0 spiro atoms. The molecule has 5 nitrogen and oxygen atoms in total. The Morgan fingerprint density at radius 3 is 2.33 bits per heavy atom. The second-order valence-electron chi connectivity index (χ2n) is 3.93. The van der Waals surface area contributed by atoms with E-state index in [1.807, 2.05) is 0 Å². The molecule has 1 heterocycles. The summed E-state index contributed by atoms with van der Waals surface area (Å²) in [6, 6.07) is -0.573. The number of hydrogen-bond acceptors (Lipinski definition) is 4. The molecule has 1 aliphatic heterocycles. The van der Waals surface area contributed by atoms with Crippen molar-refractivity contribution in [1.29, 1.82) is 0 Å². The van der Waals surface area contributed by atoms with Crippen LogP contribution in [0.4, 0.5) is 0 Å². The lowest BCUT2D eigenvalue weighted by Gasteiger charge is -2.31. The summed E-state index contributed by atoms with van der Waals surface area (Å²) in [5, 5.41) is 0. The molecule has 1 saturated heterocycles. The van der Waals surface area contributed by atoms with Crippen LogP contribution in [0.15, 0.2) is 0 Å². The monoisotopic (exact) mass is 214 g/mol. The number of likely N-dealkylation sites (tertiary alicyclic amines) is 1. The average Bonchev–Trinajstić information content (AvgIpc) is 2.18. The number of ether oxygens (including phenoxy) is 1. The minimum Gasteiger partial charge on any atom is -0.461 e. The highest BCUT2D eigenvalue weighted by Gasteiger charge is 2.24. The highest BCUT2D eigenvalue weighted by Crippen LogP contribution is 2.14. The van der Waals surface area contributed by atoms with Crippen LogP contribution >= 0.6 is 0 Å². The lowest BCUT2D eigenvalue weighted by molar-refractivity contribution is -0.153. The Bertz CT molecular complexity index is 245. The van der Waals surface area contributed by atoms with Gasteiger partial charge in [-0.05, 0) is 6.92 Å². The van der Waals surface area contributed by atoms with Crippen LogP contribution in [0.2, 0.25) is 0 Å². The van der Waals surface area contributed by atoms with Crippen molar-refractivity contribution in [2.75, 3.05) is 13.1 Å². The van der Waals surface area contributed by atoms with Crippen molar-refractivity contribution < 1.29 is 14.3 Å². The van der Waals surface area contributed by atoms with Crippen molar-refractivity contribution in [3.63, 3.8) is 0 Å². The van der Waals surface area contributed by atoms with Crippen LogP contribution in [0.5, 0.6) is 0 Å². The zero-order valence-electron chi connectivity index (χ0n) is 9.23. The molecule has 0 bridgehead atoms. The average molecular weight is 214 g/mol. The van der Waals surface area contributed by atoms with Crippen LogP contribution in [-0.2, 0) is 14.3 Å². The quantitative estimate of drug-likeness (QED) is 0.651. The Labute approximate surface area is 89.6 Å². The van der Waals surface area contributed by atoms with E-state index in [2.05, 4.69) is 0 Å². The van der Waals surface area contributed by atoms with Gasteiger partial charge in [-0.25, -0.2) is 0 Å². The van der Waals surface area contributed by atoms with E-state index in [9.17, 15) is 9.59 Å². The SMILES string of the molecule is CC(=O)N1CCC(OC(=O)[C@H](C)N)CC1. The maximum absolute atomic E-state index is 11.2. The lowest BCUT2D eigenvalue weighted by atomic mass is 10.1. The van der Waals surface area contributed by atoms with Gasteiger partial charge in [-0.2, -0.15) is 0 Å². The lowest BCUT2D eigenvalue weighted by Crippen LogP contribution is -2.42. The standard InChI is InChI=1S/C10H18N2O3/c1-7(11)10(14)15-9-3-5-12(6-4-9)8(2)13/h7,9H,3-6,11H2,1-2H3/t7-/m0/s1. The number of amides is 1. The Morgan fingerprint density at radius 1 is 1.40 bits per heavy atom. The second-order valence-corrected chi connectivity index (χ2v) is 3.93. The number of nitrogens with two attached hydrogens (primary N) is 1. The number of nitrogens with zero attached hydrogens (tertiary/aromatic N) is 1. The Morgan fingerprint density at radius 2 is 1.93 bits per heavy atom. The van der Waals surface area contributed by atoms with Crippen molar-refractivity contribution in [2.45, 2.75) is 38.8 Å². The molecule has 1 atom stereocenters. The molecule has 0 aromatic carbocycles. The Hall–Kier alpha value is -1.10. The Balaban J connectivity index is 2.32. The van der Waals surface area contributed by atoms with Gasteiger partial charge in [0.05, 0.1) is 0 Å². The molecule has 15 heavy (non-hydrogen) atoms. The summed E-state index contributed by atoms with van der Waals surface area (Å²) in [7, 11) is 0. The molecule has 1 rings (SSSR count). The minimum absolute atomic E-state index is 0.0759. The maximum Gasteiger partial charge on any atom is 0.322 e. The normalized spacial score (nSPS) is 19.8. The van der Waals surface area contributed by atoms with Crippen LogP contribution in [0.1, 0.15) is 26.7 Å². The fraction of sp³-hybridized carbons (Fsp3) is 0.800. The molecule has 1 amide bonds. The summed E-state index contributed by atoms with van der Waals surface area (Å²) in [5.41, 5.74) is 5.39. The summed E-state index contributed by atoms with van der Waals surface area (Å²) in [4.78, 5) is 24.0. The summed E-state index contributed by atoms with van der Waals surface area (Å²) in [5.74, 6) is -0.289. The number of piperidine rings is 1. The first-order chi connectivity index (χ1) is 7.00. The zero-order valence-corrected chi connectivity index (χ0v) is 9.23. The summed E-state index contributed by atoms with van der Waals surface area (Å²) in [6.07, 6.45) is 1.33. The van der Waals surface area contributed by atoms with Crippen LogP contribution < -0.4 is 5.73 Å². The molecule has 0 unspecified atom stereocenters. The second kappa shape index (κ2) is 5.11. The third-order valence-electron chi connectivity index (χ3n) is 2.54. The van der Waals surface area contributed by atoms with E-state index in [1.54, 1.807) is 18.7 Å². The van der Waals surface area contributed by atoms with E-state index in [0.29, 0.717) is 25.9 Å². The van der Waals surface area contributed by atoms with Crippen molar-refractivity contribution in [3.8, 4) is 0 Å². The minimum atomic E-state index is -0.573. The van der Waals surface area contributed by atoms with Gasteiger partial charge < -0.3 is 15.4 Å². The van der Waals surface area contributed by atoms with Gasteiger partial charge in [0.15, 0.2) is 0 Å². The maximum atomic E-state index is 11.2. The van der Waals surface area contributed by atoms with Gasteiger partial charge in [0.1, 0.15) is 12.1 Å². The molecule has 0 radical (unpaired) electrons. The van der Waals surface area contributed by atoms with E-state index >= 15 is 0 Å². The first-order valence-corrected chi connectivity index (χ1v) is 5.22. The third-order valence-corrected chi connectivity index (χ3v) is 2.54. The molecule has 1 aliphatic rings. The van der Waals surface area contributed by atoms with Crippen molar-refractivity contribution in [3.05, 3.63) is 0 Å².